The van der Waals surface area contributed by atoms with E-state index in [1.807, 2.05) is 0 Å². The predicted octanol–water partition coefficient (Wildman–Crippen LogP) is 6.66. The highest BCUT2D eigenvalue weighted by Crippen LogP contribution is 2.35. The van der Waals surface area contributed by atoms with E-state index in [1.165, 1.54) is 51.4 Å². The summed E-state index contributed by atoms with van der Waals surface area (Å²) in [6.45, 7) is 4.67. The summed E-state index contributed by atoms with van der Waals surface area (Å²) in [5.74, 6) is 1.80. The first-order chi connectivity index (χ1) is 13.2. The first-order valence-electron chi connectivity index (χ1n) is 10.9. The van der Waals surface area contributed by atoms with Crippen molar-refractivity contribution in [1.82, 2.24) is 0 Å². The molecule has 27 heavy (non-hydrogen) atoms. The number of hydrogen-bond acceptors (Lipinski definition) is 4. The molecule has 0 radical (unpaired) electrons. The number of unbranched alkanes of at least 4 members (excludes halogenated alkanes) is 8. The van der Waals surface area contributed by atoms with Crippen LogP contribution in [0.4, 0.5) is 0 Å². The third-order valence-electron chi connectivity index (χ3n) is 5.21. The van der Waals surface area contributed by atoms with Gasteiger partial charge < -0.3 is 14.2 Å². The van der Waals surface area contributed by atoms with E-state index in [0.717, 1.165) is 25.7 Å². The summed E-state index contributed by atoms with van der Waals surface area (Å²) in [6, 6.07) is 5.33. The molecule has 0 N–H and O–H groups in total. The largest absolute Gasteiger partial charge is 0.454 e. The van der Waals surface area contributed by atoms with Gasteiger partial charge in [0.2, 0.25) is 6.79 Å². The highest BCUT2D eigenvalue weighted by molar-refractivity contribution is 5.75. The summed E-state index contributed by atoms with van der Waals surface area (Å²) < 4.78 is 16.4. The van der Waals surface area contributed by atoms with Gasteiger partial charge in [0.25, 0.3) is 0 Å². The number of esters is 1. The standard InChI is InChI=1S/C23H36O4/c1-3-5-7-9-10-12-14-19(13-11-8-6-4-2)23(24)27-20-15-16-21-22(17-20)26-18-25-21/h15-17,19H,3-14,18H2,1-2H3. The molecule has 0 saturated carbocycles. The molecule has 1 unspecified atom stereocenters. The van der Waals surface area contributed by atoms with Crippen LogP contribution in [0.15, 0.2) is 18.2 Å². The third-order valence-corrected chi connectivity index (χ3v) is 5.21. The van der Waals surface area contributed by atoms with Gasteiger partial charge >= 0.3 is 5.97 Å². The zero-order valence-electron chi connectivity index (χ0n) is 17.1. The van der Waals surface area contributed by atoms with Gasteiger partial charge in [-0.3, -0.25) is 4.79 Å². The Morgan fingerprint density at radius 1 is 0.889 bits per heavy atom. The maximum atomic E-state index is 12.7. The lowest BCUT2D eigenvalue weighted by molar-refractivity contribution is -0.139. The third kappa shape index (κ3) is 7.82. The molecular weight excluding hydrogens is 340 g/mol. The molecule has 0 saturated heterocycles. The van der Waals surface area contributed by atoms with Gasteiger partial charge in [0.15, 0.2) is 11.5 Å². The highest BCUT2D eigenvalue weighted by atomic mass is 16.7. The zero-order valence-corrected chi connectivity index (χ0v) is 17.1. The predicted molar refractivity (Wildman–Crippen MR) is 108 cm³/mol. The number of benzene rings is 1. The lowest BCUT2D eigenvalue weighted by Gasteiger charge is -2.16. The lowest BCUT2D eigenvalue weighted by atomic mass is 9.94. The Morgan fingerprint density at radius 3 is 2.19 bits per heavy atom. The Morgan fingerprint density at radius 2 is 1.48 bits per heavy atom. The topological polar surface area (TPSA) is 44.8 Å². The van der Waals surface area contributed by atoms with Crippen LogP contribution in [0, 0.1) is 5.92 Å². The monoisotopic (exact) mass is 376 g/mol. The van der Waals surface area contributed by atoms with Crippen molar-refractivity contribution >= 4 is 5.97 Å². The second-order valence-electron chi connectivity index (χ2n) is 7.54. The molecule has 4 nitrogen and oxygen atoms in total. The van der Waals surface area contributed by atoms with Crippen LogP contribution in [0.5, 0.6) is 17.2 Å². The molecule has 1 aliphatic heterocycles. The molecule has 0 aliphatic carbocycles. The SMILES string of the molecule is CCCCCCCCC(CCCCCC)C(=O)Oc1ccc2c(c1)OCO2. The minimum Gasteiger partial charge on any atom is -0.454 e. The fraction of sp³-hybridized carbons (Fsp3) is 0.696. The van der Waals surface area contributed by atoms with E-state index in [4.69, 9.17) is 14.2 Å². The Bertz CT molecular complexity index is 555. The van der Waals surface area contributed by atoms with Crippen molar-refractivity contribution in [2.75, 3.05) is 6.79 Å². The molecule has 0 spiro atoms. The van der Waals surface area contributed by atoms with E-state index in [-0.39, 0.29) is 18.7 Å². The molecular formula is C23H36O4. The Hall–Kier alpha value is -1.71. The van der Waals surface area contributed by atoms with Crippen molar-refractivity contribution in [3.8, 4) is 17.2 Å². The molecule has 1 heterocycles. The maximum absolute atomic E-state index is 12.7. The molecule has 1 atom stereocenters. The normalized spacial score (nSPS) is 13.6. The minimum absolute atomic E-state index is 0.00143. The second-order valence-corrected chi connectivity index (χ2v) is 7.54. The van der Waals surface area contributed by atoms with Crippen molar-refractivity contribution in [2.45, 2.75) is 90.9 Å². The molecule has 1 aromatic carbocycles. The van der Waals surface area contributed by atoms with Crippen molar-refractivity contribution in [3.05, 3.63) is 18.2 Å². The molecule has 0 aromatic heterocycles. The number of ether oxygens (including phenoxy) is 3. The second kappa shape index (κ2) is 12.6. The van der Waals surface area contributed by atoms with Crippen LogP contribution in [-0.2, 0) is 4.79 Å². The van der Waals surface area contributed by atoms with Crippen molar-refractivity contribution in [3.63, 3.8) is 0 Å². The molecule has 152 valence electrons. The molecule has 1 aromatic rings. The van der Waals surface area contributed by atoms with Crippen LogP contribution in [0.3, 0.4) is 0 Å². The van der Waals surface area contributed by atoms with Crippen molar-refractivity contribution in [1.29, 1.82) is 0 Å². The van der Waals surface area contributed by atoms with E-state index in [9.17, 15) is 4.79 Å². The van der Waals surface area contributed by atoms with Crippen LogP contribution in [0.1, 0.15) is 90.9 Å². The number of hydrogen-bond donors (Lipinski definition) is 0. The van der Waals surface area contributed by atoms with E-state index in [0.29, 0.717) is 17.2 Å². The number of carbonyl (C=O) groups excluding carboxylic acids is 1. The Balaban J connectivity index is 1.83. The van der Waals surface area contributed by atoms with E-state index in [2.05, 4.69) is 13.8 Å². The van der Waals surface area contributed by atoms with Gasteiger partial charge in [0.1, 0.15) is 5.75 Å². The number of carbonyl (C=O) groups is 1. The van der Waals surface area contributed by atoms with E-state index < -0.39 is 0 Å². The van der Waals surface area contributed by atoms with Crippen molar-refractivity contribution in [2.24, 2.45) is 5.92 Å². The first-order valence-corrected chi connectivity index (χ1v) is 10.9. The van der Waals surface area contributed by atoms with Crippen LogP contribution in [0.2, 0.25) is 0 Å². The highest BCUT2D eigenvalue weighted by Gasteiger charge is 2.21. The van der Waals surface area contributed by atoms with E-state index >= 15 is 0 Å². The fourth-order valence-corrected chi connectivity index (χ4v) is 3.51. The lowest BCUT2D eigenvalue weighted by Crippen LogP contribution is -2.20. The molecule has 1 aliphatic rings. The average molecular weight is 377 g/mol. The van der Waals surface area contributed by atoms with Gasteiger partial charge in [-0.2, -0.15) is 0 Å². The smallest absolute Gasteiger partial charge is 0.314 e. The van der Waals surface area contributed by atoms with Gasteiger partial charge in [-0.05, 0) is 25.0 Å². The fourth-order valence-electron chi connectivity index (χ4n) is 3.51. The molecule has 2 rings (SSSR count). The van der Waals surface area contributed by atoms with Gasteiger partial charge in [-0.25, -0.2) is 0 Å². The molecule has 0 bridgehead atoms. The van der Waals surface area contributed by atoms with Crippen LogP contribution < -0.4 is 14.2 Å². The summed E-state index contributed by atoms with van der Waals surface area (Å²) in [6.07, 6.45) is 14.1. The van der Waals surface area contributed by atoms with Gasteiger partial charge in [-0.1, -0.05) is 78.1 Å². The van der Waals surface area contributed by atoms with E-state index in [1.54, 1.807) is 18.2 Å². The number of rotatable bonds is 14. The van der Waals surface area contributed by atoms with Crippen LogP contribution in [0.25, 0.3) is 0 Å². The molecule has 0 fully saturated rings. The summed E-state index contributed by atoms with van der Waals surface area (Å²) >= 11 is 0. The Kier molecular flexibility index (Phi) is 10.1. The van der Waals surface area contributed by atoms with Gasteiger partial charge in [0, 0.05) is 6.07 Å². The number of fused-ring (bicyclic) bond motifs is 1. The summed E-state index contributed by atoms with van der Waals surface area (Å²) in [5, 5.41) is 0. The summed E-state index contributed by atoms with van der Waals surface area (Å²) in [5.41, 5.74) is 0. The van der Waals surface area contributed by atoms with Crippen molar-refractivity contribution < 1.29 is 19.0 Å². The molecule has 0 amide bonds. The molecule has 4 heteroatoms. The quantitative estimate of drug-likeness (QED) is 0.207. The minimum atomic E-state index is -0.0982. The maximum Gasteiger partial charge on any atom is 0.314 e. The van der Waals surface area contributed by atoms with Gasteiger partial charge in [-0.15, -0.1) is 0 Å². The summed E-state index contributed by atoms with van der Waals surface area (Å²) in [7, 11) is 0. The Labute approximate surface area is 164 Å². The average Bonchev–Trinajstić information content (AvgIpc) is 3.14. The van der Waals surface area contributed by atoms with Crippen LogP contribution >= 0.6 is 0 Å². The first kappa shape index (κ1) is 21.6. The summed E-state index contributed by atoms with van der Waals surface area (Å²) in [4.78, 5) is 12.7. The van der Waals surface area contributed by atoms with Crippen LogP contribution in [-0.4, -0.2) is 12.8 Å². The zero-order chi connectivity index (χ0) is 19.3. The van der Waals surface area contributed by atoms with Gasteiger partial charge in [0.05, 0.1) is 5.92 Å².